The van der Waals surface area contributed by atoms with Crippen molar-refractivity contribution >= 4 is 17.5 Å². The fourth-order valence-corrected chi connectivity index (χ4v) is 4.23. The van der Waals surface area contributed by atoms with Gasteiger partial charge < -0.3 is 20.1 Å². The molecule has 0 aromatic heterocycles. The number of hydrogen-bond donors (Lipinski definition) is 1. The van der Waals surface area contributed by atoms with Crippen molar-refractivity contribution in [2.75, 3.05) is 18.6 Å². The molecule has 1 aliphatic carbocycles. The number of amides is 2. The molecule has 1 saturated carbocycles. The van der Waals surface area contributed by atoms with Crippen molar-refractivity contribution in [1.82, 2.24) is 0 Å². The van der Waals surface area contributed by atoms with Crippen LogP contribution in [0.15, 0.2) is 42.5 Å². The molecule has 2 N–H and O–H groups in total. The van der Waals surface area contributed by atoms with Crippen LogP contribution in [0.3, 0.4) is 0 Å². The van der Waals surface area contributed by atoms with E-state index in [1.807, 2.05) is 24.3 Å². The van der Waals surface area contributed by atoms with Crippen LogP contribution < -0.4 is 20.1 Å². The van der Waals surface area contributed by atoms with Gasteiger partial charge in [0.15, 0.2) is 11.5 Å². The number of carbonyl (C=O) groups is 2. The Bertz CT molecular complexity index is 921. The van der Waals surface area contributed by atoms with Crippen molar-refractivity contribution in [2.24, 2.45) is 5.73 Å². The van der Waals surface area contributed by atoms with E-state index in [1.165, 1.54) is 12.8 Å². The highest BCUT2D eigenvalue weighted by molar-refractivity contribution is 5.99. The number of methoxy groups -OCH3 is 1. The van der Waals surface area contributed by atoms with Crippen LogP contribution >= 0.6 is 0 Å². The number of carbonyl (C=O) groups excluding carboxylic acids is 2. The fourth-order valence-electron chi connectivity index (χ4n) is 4.23. The molecule has 0 unspecified atom stereocenters. The second kappa shape index (κ2) is 8.15. The number of anilines is 1. The lowest BCUT2D eigenvalue weighted by Crippen LogP contribution is -2.24. The zero-order chi connectivity index (χ0) is 20.4. The van der Waals surface area contributed by atoms with E-state index < -0.39 is 5.91 Å². The van der Waals surface area contributed by atoms with Gasteiger partial charge in [0.1, 0.15) is 0 Å². The molecule has 2 aliphatic rings. The van der Waals surface area contributed by atoms with Crippen molar-refractivity contribution in [1.29, 1.82) is 0 Å². The Morgan fingerprint density at radius 1 is 1.10 bits per heavy atom. The van der Waals surface area contributed by atoms with Crippen LogP contribution in [0, 0.1) is 0 Å². The quantitative estimate of drug-likeness (QED) is 0.811. The summed E-state index contributed by atoms with van der Waals surface area (Å²) in [5.41, 5.74) is 7.53. The average molecular weight is 394 g/mol. The highest BCUT2D eigenvalue weighted by atomic mass is 16.5. The van der Waals surface area contributed by atoms with Crippen LogP contribution in [0.4, 0.5) is 5.69 Å². The number of benzene rings is 2. The Hall–Kier alpha value is -3.02. The number of nitrogens with zero attached hydrogens (tertiary/aromatic N) is 1. The normalized spacial score (nSPS) is 19.6. The lowest BCUT2D eigenvalue weighted by Gasteiger charge is -2.19. The monoisotopic (exact) mass is 394 g/mol. The van der Waals surface area contributed by atoms with E-state index >= 15 is 0 Å². The van der Waals surface area contributed by atoms with Crippen LogP contribution in [-0.4, -0.2) is 31.6 Å². The second-order valence-electron chi connectivity index (χ2n) is 7.75. The Labute approximate surface area is 170 Å². The van der Waals surface area contributed by atoms with Crippen LogP contribution in [-0.2, 0) is 4.79 Å². The molecule has 0 bridgehead atoms. The minimum Gasteiger partial charge on any atom is -0.493 e. The molecule has 2 aromatic carbocycles. The molecule has 6 heteroatoms. The third kappa shape index (κ3) is 4.06. The SMILES string of the molecule is COc1ccc([C@@H]2CC(=O)N(c3cccc(C(N)=O)c3)C2)cc1OC1CCCC1. The standard InChI is InChI=1S/C23H26N2O4/c1-28-20-10-9-15(12-21(20)29-19-7-2-3-8-19)17-13-22(26)25(14-17)18-6-4-5-16(11-18)23(24)27/h4-6,9-12,17,19H,2-3,7-8,13-14H2,1H3,(H2,24,27)/t17-/m1/s1. The molecular weight excluding hydrogens is 368 g/mol. The van der Waals surface area contributed by atoms with Crippen LogP contribution in [0.2, 0.25) is 0 Å². The zero-order valence-electron chi connectivity index (χ0n) is 16.6. The maximum absolute atomic E-state index is 12.7. The third-order valence-electron chi connectivity index (χ3n) is 5.82. The maximum atomic E-state index is 12.7. The highest BCUT2D eigenvalue weighted by Gasteiger charge is 2.32. The first-order chi connectivity index (χ1) is 14.0. The van der Waals surface area contributed by atoms with Crippen molar-refractivity contribution in [3.8, 4) is 11.5 Å². The molecule has 2 fully saturated rings. The van der Waals surface area contributed by atoms with E-state index in [2.05, 4.69) is 0 Å². The summed E-state index contributed by atoms with van der Waals surface area (Å²) in [6, 6.07) is 12.8. The smallest absolute Gasteiger partial charge is 0.248 e. The molecule has 2 aromatic rings. The van der Waals surface area contributed by atoms with Crippen molar-refractivity contribution < 1.29 is 19.1 Å². The number of nitrogens with two attached hydrogens (primary N) is 1. The van der Waals surface area contributed by atoms with E-state index in [0.717, 1.165) is 29.9 Å². The lowest BCUT2D eigenvalue weighted by atomic mass is 9.98. The third-order valence-corrected chi connectivity index (χ3v) is 5.82. The number of primary amides is 1. The predicted molar refractivity (Wildman–Crippen MR) is 111 cm³/mol. The lowest BCUT2D eigenvalue weighted by molar-refractivity contribution is -0.117. The predicted octanol–water partition coefficient (Wildman–Crippen LogP) is 3.64. The van der Waals surface area contributed by atoms with Crippen molar-refractivity contribution in [2.45, 2.75) is 44.1 Å². The minimum atomic E-state index is -0.501. The van der Waals surface area contributed by atoms with Gasteiger partial charge in [-0.3, -0.25) is 9.59 Å². The maximum Gasteiger partial charge on any atom is 0.248 e. The van der Waals surface area contributed by atoms with Gasteiger partial charge >= 0.3 is 0 Å². The van der Waals surface area contributed by atoms with E-state index in [-0.39, 0.29) is 17.9 Å². The molecule has 1 aliphatic heterocycles. The van der Waals surface area contributed by atoms with Crippen LogP contribution in [0.5, 0.6) is 11.5 Å². The van der Waals surface area contributed by atoms with E-state index in [9.17, 15) is 9.59 Å². The van der Waals surface area contributed by atoms with Gasteiger partial charge in [-0.15, -0.1) is 0 Å². The summed E-state index contributed by atoms with van der Waals surface area (Å²) in [4.78, 5) is 25.9. The summed E-state index contributed by atoms with van der Waals surface area (Å²) in [7, 11) is 1.64. The van der Waals surface area contributed by atoms with E-state index in [1.54, 1.807) is 30.2 Å². The second-order valence-corrected chi connectivity index (χ2v) is 7.75. The molecule has 0 spiro atoms. The molecule has 0 radical (unpaired) electrons. The Balaban J connectivity index is 1.55. The summed E-state index contributed by atoms with van der Waals surface area (Å²) in [6.07, 6.45) is 5.18. The molecule has 6 nitrogen and oxygen atoms in total. The van der Waals surface area contributed by atoms with Gasteiger partial charge in [0.2, 0.25) is 11.8 Å². The molecule has 1 saturated heterocycles. The highest BCUT2D eigenvalue weighted by Crippen LogP contribution is 2.38. The summed E-state index contributed by atoms with van der Waals surface area (Å²) in [5, 5.41) is 0. The fraction of sp³-hybridized carbons (Fsp3) is 0.391. The molecular formula is C23H26N2O4. The summed E-state index contributed by atoms with van der Waals surface area (Å²) >= 11 is 0. The van der Waals surface area contributed by atoms with Gasteiger partial charge in [-0.2, -0.15) is 0 Å². The largest absolute Gasteiger partial charge is 0.493 e. The van der Waals surface area contributed by atoms with E-state index in [0.29, 0.717) is 24.2 Å². The number of hydrogen-bond acceptors (Lipinski definition) is 4. The number of ether oxygens (including phenoxy) is 2. The van der Waals surface area contributed by atoms with Gasteiger partial charge in [0.25, 0.3) is 0 Å². The summed E-state index contributed by atoms with van der Waals surface area (Å²) < 4.78 is 11.7. The Kier molecular flexibility index (Phi) is 5.43. The van der Waals surface area contributed by atoms with Crippen LogP contribution in [0.1, 0.15) is 53.9 Å². The number of rotatable bonds is 6. The molecule has 2 amide bonds. The van der Waals surface area contributed by atoms with Gasteiger partial charge in [0, 0.05) is 30.1 Å². The Morgan fingerprint density at radius 2 is 1.90 bits per heavy atom. The average Bonchev–Trinajstić information content (AvgIpc) is 3.37. The first kappa shape index (κ1) is 19.3. The molecule has 4 rings (SSSR count). The summed E-state index contributed by atoms with van der Waals surface area (Å²) in [5.74, 6) is 1.05. The zero-order valence-corrected chi connectivity index (χ0v) is 16.6. The Morgan fingerprint density at radius 3 is 2.62 bits per heavy atom. The summed E-state index contributed by atoms with van der Waals surface area (Å²) in [6.45, 7) is 0.552. The van der Waals surface area contributed by atoms with Crippen LogP contribution in [0.25, 0.3) is 0 Å². The van der Waals surface area contributed by atoms with Crippen molar-refractivity contribution in [3.05, 3.63) is 53.6 Å². The van der Waals surface area contributed by atoms with E-state index in [4.69, 9.17) is 15.2 Å². The topological polar surface area (TPSA) is 81.9 Å². The molecule has 152 valence electrons. The van der Waals surface area contributed by atoms with Gasteiger partial charge in [-0.1, -0.05) is 12.1 Å². The van der Waals surface area contributed by atoms with Crippen molar-refractivity contribution in [3.63, 3.8) is 0 Å². The first-order valence-corrected chi connectivity index (χ1v) is 10.1. The first-order valence-electron chi connectivity index (χ1n) is 10.1. The van der Waals surface area contributed by atoms with Gasteiger partial charge in [-0.05, 0) is 61.6 Å². The minimum absolute atomic E-state index is 0.0331. The van der Waals surface area contributed by atoms with Gasteiger partial charge in [0.05, 0.1) is 13.2 Å². The molecule has 29 heavy (non-hydrogen) atoms. The van der Waals surface area contributed by atoms with Gasteiger partial charge in [-0.25, -0.2) is 0 Å². The molecule has 1 atom stereocenters. The molecule has 1 heterocycles.